The molecular weight excluding hydrogens is 256 g/mol. The highest BCUT2D eigenvalue weighted by molar-refractivity contribution is 5.95. The molecule has 5 nitrogen and oxygen atoms in total. The fraction of sp³-hybridized carbons (Fsp3) is 0.533. The Labute approximate surface area is 116 Å². The predicted molar refractivity (Wildman–Crippen MR) is 73.0 cm³/mol. The number of hydrogen-bond acceptors (Lipinski definition) is 3. The lowest BCUT2D eigenvalue weighted by Gasteiger charge is -2.09. The molecule has 3 saturated carbocycles. The predicted octanol–water partition coefficient (Wildman–Crippen LogP) is 2.83. The molecule has 0 spiro atoms. The Hall–Kier alpha value is -1.91. The standard InChI is InChI=1S/C15H16N2O3/c18-15(14-12-8-4-5-9(6-8)13(12)14)16-10-2-1-3-11(7-10)17(19)20/h1-3,7-9,12-14H,4-6H2,(H,16,18)/t8-,9-,12-,13+,14?/m1/s1. The topological polar surface area (TPSA) is 72.2 Å². The highest BCUT2D eigenvalue weighted by atomic mass is 16.6. The minimum Gasteiger partial charge on any atom is -0.326 e. The lowest BCUT2D eigenvalue weighted by Crippen LogP contribution is -2.18. The van der Waals surface area contributed by atoms with Gasteiger partial charge in [-0.25, -0.2) is 0 Å². The van der Waals surface area contributed by atoms with Gasteiger partial charge in [0.25, 0.3) is 5.69 Å². The van der Waals surface area contributed by atoms with Crippen LogP contribution in [0.15, 0.2) is 24.3 Å². The van der Waals surface area contributed by atoms with E-state index in [2.05, 4.69) is 5.32 Å². The number of nitro groups is 1. The van der Waals surface area contributed by atoms with E-state index < -0.39 is 4.92 Å². The summed E-state index contributed by atoms with van der Waals surface area (Å²) in [6, 6.07) is 6.16. The van der Waals surface area contributed by atoms with E-state index in [0.29, 0.717) is 17.5 Å². The molecule has 1 aromatic rings. The average molecular weight is 272 g/mol. The van der Waals surface area contributed by atoms with Gasteiger partial charge in [-0.2, -0.15) is 0 Å². The van der Waals surface area contributed by atoms with Gasteiger partial charge in [-0.15, -0.1) is 0 Å². The van der Waals surface area contributed by atoms with Gasteiger partial charge < -0.3 is 5.32 Å². The van der Waals surface area contributed by atoms with Crippen LogP contribution in [0.5, 0.6) is 0 Å². The molecule has 3 aliphatic rings. The molecule has 5 heteroatoms. The van der Waals surface area contributed by atoms with Gasteiger partial charge in [0.1, 0.15) is 0 Å². The number of non-ortho nitro benzene ring substituents is 1. The summed E-state index contributed by atoms with van der Waals surface area (Å²) in [5, 5.41) is 13.6. The van der Waals surface area contributed by atoms with E-state index in [4.69, 9.17) is 0 Å². The molecule has 3 fully saturated rings. The first-order chi connectivity index (χ1) is 9.65. The Bertz CT molecular complexity index is 585. The van der Waals surface area contributed by atoms with Crippen LogP contribution in [-0.2, 0) is 4.79 Å². The molecule has 0 saturated heterocycles. The second kappa shape index (κ2) is 4.04. The van der Waals surface area contributed by atoms with Crippen LogP contribution >= 0.6 is 0 Å². The summed E-state index contributed by atoms with van der Waals surface area (Å²) in [6.45, 7) is 0. The fourth-order valence-corrected chi connectivity index (χ4v) is 4.60. The SMILES string of the molecule is O=C(Nc1cccc([N+](=O)[O-])c1)C1[C@@H]2[C@@H]3CC[C@H](C3)[C@H]12. The molecule has 1 N–H and O–H groups in total. The normalized spacial score (nSPS) is 36.5. The van der Waals surface area contributed by atoms with Crippen molar-refractivity contribution in [3.8, 4) is 0 Å². The number of fused-ring (bicyclic) bond motifs is 5. The maximum absolute atomic E-state index is 12.3. The van der Waals surface area contributed by atoms with Gasteiger partial charge in [0, 0.05) is 23.7 Å². The van der Waals surface area contributed by atoms with Gasteiger partial charge >= 0.3 is 0 Å². The second-order valence-electron chi connectivity index (χ2n) is 6.31. The van der Waals surface area contributed by atoms with Crippen LogP contribution in [0, 0.1) is 39.7 Å². The lowest BCUT2D eigenvalue weighted by molar-refractivity contribution is -0.384. The van der Waals surface area contributed by atoms with Crippen molar-refractivity contribution >= 4 is 17.3 Å². The molecule has 0 aliphatic heterocycles. The van der Waals surface area contributed by atoms with Crippen molar-refractivity contribution in [3.63, 3.8) is 0 Å². The van der Waals surface area contributed by atoms with E-state index in [1.165, 1.54) is 31.4 Å². The second-order valence-corrected chi connectivity index (χ2v) is 6.31. The van der Waals surface area contributed by atoms with Gasteiger partial charge in [-0.05, 0) is 49.0 Å². The van der Waals surface area contributed by atoms with Crippen LogP contribution in [0.1, 0.15) is 19.3 Å². The summed E-state index contributed by atoms with van der Waals surface area (Å²) in [6.07, 6.45) is 3.88. The molecule has 1 aromatic carbocycles. The van der Waals surface area contributed by atoms with Gasteiger partial charge in [-0.1, -0.05) is 6.07 Å². The first-order valence-electron chi connectivity index (χ1n) is 7.20. The third kappa shape index (κ3) is 1.65. The minimum atomic E-state index is -0.443. The van der Waals surface area contributed by atoms with E-state index in [9.17, 15) is 14.9 Å². The third-order valence-electron chi connectivity index (χ3n) is 5.36. The lowest BCUT2D eigenvalue weighted by atomic mass is 10.0. The van der Waals surface area contributed by atoms with Crippen molar-refractivity contribution in [1.82, 2.24) is 0 Å². The van der Waals surface area contributed by atoms with Crippen LogP contribution in [0.2, 0.25) is 0 Å². The fourth-order valence-electron chi connectivity index (χ4n) is 4.60. The highest BCUT2D eigenvalue weighted by Crippen LogP contribution is 2.69. The molecule has 4 rings (SSSR count). The zero-order chi connectivity index (χ0) is 13.9. The molecule has 0 radical (unpaired) electrons. The molecule has 1 amide bonds. The zero-order valence-corrected chi connectivity index (χ0v) is 11.0. The highest BCUT2D eigenvalue weighted by Gasteiger charge is 2.67. The summed E-state index contributed by atoms with van der Waals surface area (Å²) in [5.74, 6) is 2.90. The summed E-state index contributed by atoms with van der Waals surface area (Å²) in [5.41, 5.74) is 0.542. The van der Waals surface area contributed by atoms with E-state index in [-0.39, 0.29) is 17.5 Å². The Morgan fingerprint density at radius 3 is 2.60 bits per heavy atom. The maximum atomic E-state index is 12.3. The molecule has 1 unspecified atom stereocenters. The number of hydrogen-bond donors (Lipinski definition) is 1. The van der Waals surface area contributed by atoms with Crippen LogP contribution < -0.4 is 5.32 Å². The Kier molecular flexibility index (Phi) is 2.40. The molecule has 3 aliphatic carbocycles. The van der Waals surface area contributed by atoms with Crippen molar-refractivity contribution in [3.05, 3.63) is 34.4 Å². The first kappa shape index (κ1) is 11.9. The van der Waals surface area contributed by atoms with Crippen molar-refractivity contribution in [2.75, 3.05) is 5.32 Å². The molecule has 5 atom stereocenters. The summed E-state index contributed by atoms with van der Waals surface area (Å²) in [7, 11) is 0. The zero-order valence-electron chi connectivity index (χ0n) is 11.0. The number of anilines is 1. The number of nitrogens with one attached hydrogen (secondary N) is 1. The van der Waals surface area contributed by atoms with E-state index in [0.717, 1.165) is 11.8 Å². The van der Waals surface area contributed by atoms with Crippen LogP contribution in [0.4, 0.5) is 11.4 Å². The van der Waals surface area contributed by atoms with Crippen molar-refractivity contribution in [2.45, 2.75) is 19.3 Å². The number of nitro benzene ring substituents is 1. The number of carbonyl (C=O) groups excluding carboxylic acids is 1. The van der Waals surface area contributed by atoms with Gasteiger partial charge in [0.05, 0.1) is 4.92 Å². The Morgan fingerprint density at radius 2 is 1.95 bits per heavy atom. The number of amides is 1. The maximum Gasteiger partial charge on any atom is 0.271 e. The summed E-state index contributed by atoms with van der Waals surface area (Å²) in [4.78, 5) is 22.6. The van der Waals surface area contributed by atoms with E-state index in [1.807, 2.05) is 0 Å². The van der Waals surface area contributed by atoms with Crippen molar-refractivity contribution < 1.29 is 9.72 Å². The molecule has 0 aromatic heterocycles. The number of carbonyl (C=O) groups is 1. The van der Waals surface area contributed by atoms with Crippen LogP contribution in [0.25, 0.3) is 0 Å². The van der Waals surface area contributed by atoms with Crippen molar-refractivity contribution in [1.29, 1.82) is 0 Å². The first-order valence-corrected chi connectivity index (χ1v) is 7.20. The molecule has 0 heterocycles. The summed E-state index contributed by atoms with van der Waals surface area (Å²) < 4.78 is 0. The molecule has 2 bridgehead atoms. The largest absolute Gasteiger partial charge is 0.326 e. The number of nitrogens with zero attached hydrogens (tertiary/aromatic N) is 1. The number of benzene rings is 1. The van der Waals surface area contributed by atoms with Gasteiger partial charge in [0.2, 0.25) is 5.91 Å². The van der Waals surface area contributed by atoms with Gasteiger partial charge in [0.15, 0.2) is 0 Å². The average Bonchev–Trinajstić information content (AvgIpc) is 2.88. The monoisotopic (exact) mass is 272 g/mol. The van der Waals surface area contributed by atoms with Gasteiger partial charge in [-0.3, -0.25) is 14.9 Å². The smallest absolute Gasteiger partial charge is 0.271 e. The van der Waals surface area contributed by atoms with Crippen LogP contribution in [-0.4, -0.2) is 10.8 Å². The molecule has 20 heavy (non-hydrogen) atoms. The minimum absolute atomic E-state index is 0.0128. The molecular formula is C15H16N2O3. The Balaban J connectivity index is 1.46. The summed E-state index contributed by atoms with van der Waals surface area (Å²) >= 11 is 0. The molecule has 104 valence electrons. The Morgan fingerprint density at radius 1 is 1.25 bits per heavy atom. The third-order valence-corrected chi connectivity index (χ3v) is 5.36. The van der Waals surface area contributed by atoms with E-state index >= 15 is 0 Å². The number of rotatable bonds is 3. The van der Waals surface area contributed by atoms with Crippen LogP contribution in [0.3, 0.4) is 0 Å². The van der Waals surface area contributed by atoms with Crippen molar-refractivity contribution in [2.24, 2.45) is 29.6 Å². The quantitative estimate of drug-likeness (QED) is 0.679. The van der Waals surface area contributed by atoms with E-state index in [1.54, 1.807) is 12.1 Å².